The standard InChI is InChI=1S/C10H19N/c1-4-8-11-9-7-10(5-2)6-3/h5,7,9,11H,4,6,8H2,1-3H3/b9-7-,10-5-. The molecule has 0 spiro atoms. The maximum atomic E-state index is 3.21. The highest BCUT2D eigenvalue weighted by atomic mass is 14.8. The molecule has 1 nitrogen and oxygen atoms in total. The van der Waals surface area contributed by atoms with Crippen LogP contribution >= 0.6 is 0 Å². The molecule has 0 amide bonds. The quantitative estimate of drug-likeness (QED) is 0.473. The first-order valence-corrected chi connectivity index (χ1v) is 4.40. The Kier molecular flexibility index (Phi) is 6.90. The molecule has 0 aromatic heterocycles. The summed E-state index contributed by atoms with van der Waals surface area (Å²) >= 11 is 0. The van der Waals surface area contributed by atoms with Crippen molar-refractivity contribution in [3.63, 3.8) is 0 Å². The smallest absolute Gasteiger partial charge is 0.0138 e. The highest BCUT2D eigenvalue weighted by molar-refractivity contribution is 5.16. The molecule has 0 fully saturated rings. The zero-order chi connectivity index (χ0) is 8.53. The average Bonchev–Trinajstić information content (AvgIpc) is 2.05. The van der Waals surface area contributed by atoms with Gasteiger partial charge in [0.25, 0.3) is 0 Å². The maximum absolute atomic E-state index is 3.21. The Bertz CT molecular complexity index is 134. The van der Waals surface area contributed by atoms with Crippen LogP contribution in [-0.2, 0) is 0 Å². The van der Waals surface area contributed by atoms with Crippen LogP contribution in [0.1, 0.15) is 33.6 Å². The summed E-state index contributed by atoms with van der Waals surface area (Å²) in [4.78, 5) is 0. The molecule has 0 aliphatic carbocycles. The first-order valence-electron chi connectivity index (χ1n) is 4.40. The predicted octanol–water partition coefficient (Wildman–Crippen LogP) is 2.86. The van der Waals surface area contributed by atoms with Crippen LogP contribution in [0.3, 0.4) is 0 Å². The third-order valence-corrected chi connectivity index (χ3v) is 1.59. The van der Waals surface area contributed by atoms with Crippen LogP contribution in [0, 0.1) is 0 Å². The Balaban J connectivity index is 3.54. The van der Waals surface area contributed by atoms with Crippen LogP contribution in [0.15, 0.2) is 23.9 Å². The van der Waals surface area contributed by atoms with Crippen LogP contribution in [0.5, 0.6) is 0 Å². The molecule has 0 aliphatic rings. The van der Waals surface area contributed by atoms with E-state index in [1.807, 2.05) is 6.20 Å². The summed E-state index contributed by atoms with van der Waals surface area (Å²) in [6, 6.07) is 0. The van der Waals surface area contributed by atoms with Gasteiger partial charge in [-0.1, -0.05) is 25.5 Å². The second kappa shape index (κ2) is 7.39. The van der Waals surface area contributed by atoms with Gasteiger partial charge in [-0.15, -0.1) is 0 Å². The van der Waals surface area contributed by atoms with Crippen molar-refractivity contribution in [1.82, 2.24) is 5.32 Å². The van der Waals surface area contributed by atoms with Crippen molar-refractivity contribution in [2.75, 3.05) is 6.54 Å². The summed E-state index contributed by atoms with van der Waals surface area (Å²) in [5.41, 5.74) is 1.38. The second-order valence-electron chi connectivity index (χ2n) is 2.50. The Hall–Kier alpha value is -0.720. The van der Waals surface area contributed by atoms with Gasteiger partial charge in [-0.3, -0.25) is 0 Å². The minimum atomic E-state index is 1.07. The van der Waals surface area contributed by atoms with E-state index in [0.29, 0.717) is 0 Å². The highest BCUT2D eigenvalue weighted by Gasteiger charge is 1.82. The van der Waals surface area contributed by atoms with E-state index in [2.05, 4.69) is 38.2 Å². The lowest BCUT2D eigenvalue weighted by molar-refractivity contribution is 0.808. The Morgan fingerprint density at radius 1 is 1.36 bits per heavy atom. The molecule has 0 aromatic rings. The van der Waals surface area contributed by atoms with Crippen LogP contribution in [0.25, 0.3) is 0 Å². The van der Waals surface area contributed by atoms with Gasteiger partial charge in [0.15, 0.2) is 0 Å². The molecule has 0 aliphatic heterocycles. The Morgan fingerprint density at radius 2 is 2.09 bits per heavy atom. The average molecular weight is 153 g/mol. The van der Waals surface area contributed by atoms with E-state index >= 15 is 0 Å². The molecule has 64 valence electrons. The fourth-order valence-electron chi connectivity index (χ4n) is 0.812. The summed E-state index contributed by atoms with van der Waals surface area (Å²) in [7, 11) is 0. The van der Waals surface area contributed by atoms with Crippen LogP contribution < -0.4 is 5.32 Å². The number of allylic oxidation sites excluding steroid dienone is 3. The third-order valence-electron chi connectivity index (χ3n) is 1.59. The van der Waals surface area contributed by atoms with Crippen LogP contribution in [0.4, 0.5) is 0 Å². The van der Waals surface area contributed by atoms with E-state index in [4.69, 9.17) is 0 Å². The Labute approximate surface area is 70.2 Å². The largest absolute Gasteiger partial charge is 0.391 e. The maximum Gasteiger partial charge on any atom is 0.0138 e. The Morgan fingerprint density at radius 3 is 2.55 bits per heavy atom. The van der Waals surface area contributed by atoms with E-state index in [0.717, 1.165) is 13.0 Å². The molecule has 1 N–H and O–H groups in total. The van der Waals surface area contributed by atoms with E-state index in [-0.39, 0.29) is 0 Å². The van der Waals surface area contributed by atoms with Gasteiger partial charge < -0.3 is 5.32 Å². The van der Waals surface area contributed by atoms with Gasteiger partial charge in [0.05, 0.1) is 0 Å². The summed E-state index contributed by atoms with van der Waals surface area (Å²) in [5, 5.41) is 3.21. The monoisotopic (exact) mass is 153 g/mol. The van der Waals surface area contributed by atoms with Gasteiger partial charge >= 0.3 is 0 Å². The van der Waals surface area contributed by atoms with Crippen LogP contribution in [-0.4, -0.2) is 6.54 Å². The van der Waals surface area contributed by atoms with Crippen molar-refractivity contribution < 1.29 is 0 Å². The molecule has 0 saturated heterocycles. The van der Waals surface area contributed by atoms with Crippen molar-refractivity contribution in [3.8, 4) is 0 Å². The van der Waals surface area contributed by atoms with Gasteiger partial charge in [-0.05, 0) is 32.0 Å². The first-order chi connectivity index (χ1) is 5.35. The molecular weight excluding hydrogens is 134 g/mol. The minimum absolute atomic E-state index is 1.07. The third kappa shape index (κ3) is 5.71. The van der Waals surface area contributed by atoms with Gasteiger partial charge in [0.1, 0.15) is 0 Å². The fraction of sp³-hybridized carbons (Fsp3) is 0.600. The van der Waals surface area contributed by atoms with E-state index in [1.165, 1.54) is 12.0 Å². The lowest BCUT2D eigenvalue weighted by Gasteiger charge is -1.96. The number of rotatable bonds is 5. The molecule has 0 saturated carbocycles. The number of hydrogen-bond donors (Lipinski definition) is 1. The van der Waals surface area contributed by atoms with Gasteiger partial charge in [0, 0.05) is 6.54 Å². The molecule has 0 rings (SSSR count). The lowest BCUT2D eigenvalue weighted by Crippen LogP contribution is -2.04. The number of nitrogens with one attached hydrogen (secondary N) is 1. The van der Waals surface area contributed by atoms with Crippen molar-refractivity contribution in [1.29, 1.82) is 0 Å². The zero-order valence-corrected chi connectivity index (χ0v) is 7.85. The van der Waals surface area contributed by atoms with Crippen LogP contribution in [0.2, 0.25) is 0 Å². The summed E-state index contributed by atoms with van der Waals surface area (Å²) in [6.45, 7) is 7.47. The molecule has 0 atom stereocenters. The normalized spacial score (nSPS) is 12.5. The van der Waals surface area contributed by atoms with Gasteiger partial charge in [0.2, 0.25) is 0 Å². The van der Waals surface area contributed by atoms with Gasteiger partial charge in [-0.25, -0.2) is 0 Å². The zero-order valence-electron chi connectivity index (χ0n) is 7.85. The van der Waals surface area contributed by atoms with Crippen molar-refractivity contribution in [3.05, 3.63) is 23.9 Å². The fourth-order valence-corrected chi connectivity index (χ4v) is 0.812. The molecule has 0 bridgehead atoms. The topological polar surface area (TPSA) is 12.0 Å². The van der Waals surface area contributed by atoms with Crippen molar-refractivity contribution >= 4 is 0 Å². The summed E-state index contributed by atoms with van der Waals surface area (Å²) in [6.07, 6.45) is 8.60. The summed E-state index contributed by atoms with van der Waals surface area (Å²) in [5.74, 6) is 0. The second-order valence-corrected chi connectivity index (χ2v) is 2.50. The van der Waals surface area contributed by atoms with Crippen molar-refractivity contribution in [2.24, 2.45) is 0 Å². The van der Waals surface area contributed by atoms with E-state index in [9.17, 15) is 0 Å². The minimum Gasteiger partial charge on any atom is -0.391 e. The van der Waals surface area contributed by atoms with Crippen molar-refractivity contribution in [2.45, 2.75) is 33.6 Å². The SMILES string of the molecule is C/C=C(\C=C/NCCC)CC. The molecule has 0 heterocycles. The predicted molar refractivity (Wildman–Crippen MR) is 51.5 cm³/mol. The molecule has 0 aromatic carbocycles. The molecule has 0 radical (unpaired) electrons. The van der Waals surface area contributed by atoms with E-state index < -0.39 is 0 Å². The molecule has 0 unspecified atom stereocenters. The molecular formula is C10H19N. The van der Waals surface area contributed by atoms with Gasteiger partial charge in [-0.2, -0.15) is 0 Å². The summed E-state index contributed by atoms with van der Waals surface area (Å²) < 4.78 is 0. The lowest BCUT2D eigenvalue weighted by atomic mass is 10.2. The first kappa shape index (κ1) is 10.3. The number of hydrogen-bond acceptors (Lipinski definition) is 1. The highest BCUT2D eigenvalue weighted by Crippen LogP contribution is 2.00. The van der Waals surface area contributed by atoms with E-state index in [1.54, 1.807) is 0 Å². The molecule has 1 heteroatoms. The molecule has 11 heavy (non-hydrogen) atoms.